The third-order valence-corrected chi connectivity index (χ3v) is 4.03. The van der Waals surface area contributed by atoms with Crippen molar-refractivity contribution in [1.82, 2.24) is 20.1 Å². The van der Waals surface area contributed by atoms with Crippen LogP contribution in [0.1, 0.15) is 23.6 Å². The second-order valence-electron chi connectivity index (χ2n) is 6.00. The van der Waals surface area contributed by atoms with Gasteiger partial charge < -0.3 is 15.2 Å². The second kappa shape index (κ2) is 7.43. The van der Waals surface area contributed by atoms with Gasteiger partial charge in [0.05, 0.1) is 18.2 Å². The van der Waals surface area contributed by atoms with Crippen molar-refractivity contribution < 1.29 is 9.84 Å². The predicted octanol–water partition coefficient (Wildman–Crippen LogP) is 0.802. The highest BCUT2D eigenvalue weighted by atomic mass is 16.5. The van der Waals surface area contributed by atoms with Crippen LogP contribution in [0.15, 0.2) is 24.3 Å². The largest absolute Gasteiger partial charge is 0.491 e. The van der Waals surface area contributed by atoms with E-state index in [4.69, 9.17) is 10.00 Å². The number of fused-ring (bicyclic) bond motifs is 1. The van der Waals surface area contributed by atoms with E-state index in [-0.39, 0.29) is 12.6 Å². The summed E-state index contributed by atoms with van der Waals surface area (Å²) in [4.78, 5) is 4.39. The molecular weight excluding hydrogens is 306 g/mol. The summed E-state index contributed by atoms with van der Waals surface area (Å²) >= 11 is 0. The maximum absolute atomic E-state index is 10.1. The molecule has 1 aromatic heterocycles. The van der Waals surface area contributed by atoms with E-state index in [1.807, 2.05) is 11.6 Å². The van der Waals surface area contributed by atoms with Gasteiger partial charge in [0.2, 0.25) is 0 Å². The molecule has 3 rings (SSSR count). The van der Waals surface area contributed by atoms with Crippen molar-refractivity contribution in [2.45, 2.75) is 38.5 Å². The van der Waals surface area contributed by atoms with Gasteiger partial charge in [0.1, 0.15) is 30.1 Å². The molecule has 1 aromatic carbocycles. The van der Waals surface area contributed by atoms with Crippen LogP contribution in [-0.4, -0.2) is 45.2 Å². The molecular formula is C17H21N5O2. The first-order valence-electron chi connectivity index (χ1n) is 8.09. The monoisotopic (exact) mass is 327 g/mol. The van der Waals surface area contributed by atoms with Gasteiger partial charge >= 0.3 is 0 Å². The molecule has 2 heterocycles. The lowest BCUT2D eigenvalue weighted by Crippen LogP contribution is -2.42. The Morgan fingerprint density at radius 1 is 1.46 bits per heavy atom. The summed E-state index contributed by atoms with van der Waals surface area (Å²) in [5, 5.41) is 26.6. The maximum atomic E-state index is 10.1. The predicted molar refractivity (Wildman–Crippen MR) is 87.5 cm³/mol. The smallest absolute Gasteiger partial charge is 0.147 e. The van der Waals surface area contributed by atoms with Gasteiger partial charge in [-0.2, -0.15) is 10.4 Å². The van der Waals surface area contributed by atoms with Crippen LogP contribution in [-0.2, 0) is 13.0 Å². The number of hydrogen-bond donors (Lipinski definition) is 2. The summed E-state index contributed by atoms with van der Waals surface area (Å²) in [5.74, 6) is 2.49. The molecule has 0 radical (unpaired) electrons. The van der Waals surface area contributed by atoms with Crippen molar-refractivity contribution in [3.63, 3.8) is 0 Å². The zero-order chi connectivity index (χ0) is 16.9. The third-order valence-electron chi connectivity index (χ3n) is 4.03. The molecule has 7 heteroatoms. The Bertz CT molecular complexity index is 720. The highest BCUT2D eigenvalue weighted by Gasteiger charge is 2.21. The minimum absolute atomic E-state index is 0.208. The molecule has 126 valence electrons. The van der Waals surface area contributed by atoms with Gasteiger partial charge in [-0.25, -0.2) is 9.67 Å². The van der Waals surface area contributed by atoms with Gasteiger partial charge in [0.25, 0.3) is 0 Å². The fraction of sp³-hybridized carbons (Fsp3) is 0.471. The van der Waals surface area contributed by atoms with Crippen molar-refractivity contribution >= 4 is 0 Å². The van der Waals surface area contributed by atoms with Crippen LogP contribution in [0, 0.1) is 18.3 Å². The van der Waals surface area contributed by atoms with Gasteiger partial charge in [0.15, 0.2) is 0 Å². The number of ether oxygens (including phenoxy) is 1. The van der Waals surface area contributed by atoms with E-state index in [1.165, 1.54) is 0 Å². The number of aromatic nitrogens is 3. The number of hydrogen-bond acceptors (Lipinski definition) is 6. The highest BCUT2D eigenvalue weighted by molar-refractivity contribution is 5.34. The molecule has 2 atom stereocenters. The van der Waals surface area contributed by atoms with Crippen LogP contribution in [0.5, 0.6) is 5.75 Å². The minimum Gasteiger partial charge on any atom is -0.491 e. The van der Waals surface area contributed by atoms with Gasteiger partial charge in [-0.15, -0.1) is 0 Å². The summed E-state index contributed by atoms with van der Waals surface area (Å²) in [5.41, 5.74) is 0.588. The normalized spacial score (nSPS) is 17.8. The summed E-state index contributed by atoms with van der Waals surface area (Å²) in [6, 6.07) is 9.19. The van der Waals surface area contributed by atoms with Crippen molar-refractivity contribution in [2.24, 2.45) is 0 Å². The topological polar surface area (TPSA) is 96.0 Å². The Morgan fingerprint density at radius 3 is 3.00 bits per heavy atom. The van der Waals surface area contributed by atoms with Crippen molar-refractivity contribution in [2.75, 3.05) is 13.2 Å². The van der Waals surface area contributed by atoms with E-state index < -0.39 is 6.10 Å². The Balaban J connectivity index is 1.41. The molecule has 0 aliphatic carbocycles. The van der Waals surface area contributed by atoms with Crippen LogP contribution in [0.3, 0.4) is 0 Å². The van der Waals surface area contributed by atoms with E-state index in [2.05, 4.69) is 21.5 Å². The van der Waals surface area contributed by atoms with E-state index in [0.717, 1.165) is 31.0 Å². The summed E-state index contributed by atoms with van der Waals surface area (Å²) in [7, 11) is 0. The molecule has 0 unspecified atom stereocenters. The Morgan fingerprint density at radius 2 is 2.25 bits per heavy atom. The van der Waals surface area contributed by atoms with Crippen LogP contribution in [0.25, 0.3) is 0 Å². The molecule has 0 amide bonds. The second-order valence-corrected chi connectivity index (χ2v) is 6.00. The molecule has 1 aliphatic rings. The Hall–Kier alpha value is -2.43. The average molecular weight is 327 g/mol. The summed E-state index contributed by atoms with van der Waals surface area (Å²) < 4.78 is 7.48. The lowest BCUT2D eigenvalue weighted by Gasteiger charge is -2.24. The van der Waals surface area contributed by atoms with Gasteiger partial charge in [-0.3, -0.25) is 0 Å². The summed E-state index contributed by atoms with van der Waals surface area (Å²) in [6.45, 7) is 3.35. The fourth-order valence-corrected chi connectivity index (χ4v) is 2.78. The summed E-state index contributed by atoms with van der Waals surface area (Å²) in [6.07, 6.45) is 1.29. The lowest BCUT2D eigenvalue weighted by atomic mass is 10.1. The average Bonchev–Trinajstić information content (AvgIpc) is 2.97. The van der Waals surface area contributed by atoms with Gasteiger partial charge in [0, 0.05) is 19.0 Å². The van der Waals surface area contributed by atoms with Gasteiger partial charge in [-0.1, -0.05) is 0 Å². The Kier molecular flexibility index (Phi) is 5.08. The van der Waals surface area contributed by atoms with E-state index >= 15 is 0 Å². The van der Waals surface area contributed by atoms with E-state index in [9.17, 15) is 5.11 Å². The number of nitrogens with one attached hydrogen (secondary N) is 1. The van der Waals surface area contributed by atoms with Crippen LogP contribution in [0.4, 0.5) is 0 Å². The molecule has 0 saturated heterocycles. The zero-order valence-corrected chi connectivity index (χ0v) is 13.6. The molecule has 0 bridgehead atoms. The molecule has 2 aromatic rings. The molecule has 2 N–H and O–H groups in total. The Labute approximate surface area is 140 Å². The van der Waals surface area contributed by atoms with Gasteiger partial charge in [-0.05, 0) is 37.6 Å². The van der Waals surface area contributed by atoms with Crippen molar-refractivity contribution in [3.05, 3.63) is 41.5 Å². The van der Waals surface area contributed by atoms with E-state index in [0.29, 0.717) is 17.9 Å². The number of benzene rings is 1. The lowest BCUT2D eigenvalue weighted by molar-refractivity contribution is 0.101. The molecule has 7 nitrogen and oxygen atoms in total. The first-order chi connectivity index (χ1) is 11.6. The number of nitrogens with zero attached hydrogens (tertiary/aromatic N) is 4. The first kappa shape index (κ1) is 16.4. The molecule has 0 fully saturated rings. The molecule has 24 heavy (non-hydrogen) atoms. The van der Waals surface area contributed by atoms with E-state index in [1.54, 1.807) is 24.3 Å². The quantitative estimate of drug-likeness (QED) is 0.815. The van der Waals surface area contributed by atoms with Crippen LogP contribution in [0.2, 0.25) is 0 Å². The SMILES string of the molecule is Cc1nc2n(n1)C[C@H](NC[C@H](O)COc1ccc(C#N)cc1)CC2. The number of rotatable bonds is 6. The molecule has 1 aliphatic heterocycles. The number of aryl methyl sites for hydroxylation is 2. The highest BCUT2D eigenvalue weighted by Crippen LogP contribution is 2.13. The third kappa shape index (κ3) is 4.10. The number of nitriles is 1. The van der Waals surface area contributed by atoms with Crippen LogP contribution >= 0.6 is 0 Å². The van der Waals surface area contributed by atoms with Crippen LogP contribution < -0.4 is 10.1 Å². The molecule has 0 saturated carbocycles. The number of aliphatic hydroxyl groups excluding tert-OH is 1. The maximum Gasteiger partial charge on any atom is 0.147 e. The molecule has 0 spiro atoms. The fourth-order valence-electron chi connectivity index (χ4n) is 2.78. The van der Waals surface area contributed by atoms with Crippen molar-refractivity contribution in [1.29, 1.82) is 5.26 Å². The first-order valence-corrected chi connectivity index (χ1v) is 8.09. The minimum atomic E-state index is -0.598. The van der Waals surface area contributed by atoms with Crippen molar-refractivity contribution in [3.8, 4) is 11.8 Å². The zero-order valence-electron chi connectivity index (χ0n) is 13.6. The standard InChI is InChI=1S/C17H21N5O2/c1-12-20-17-7-4-14(10-22(17)21-12)19-9-15(23)11-24-16-5-2-13(8-18)3-6-16/h2-3,5-6,14-15,19,23H,4,7,9-11H2,1H3/t14-,15+/m1/s1. The number of aliphatic hydroxyl groups is 1.